The van der Waals surface area contributed by atoms with Gasteiger partial charge in [-0.25, -0.2) is 4.98 Å². The third-order valence-corrected chi connectivity index (χ3v) is 4.06. The summed E-state index contributed by atoms with van der Waals surface area (Å²) >= 11 is 6.17. The van der Waals surface area contributed by atoms with Crippen LogP contribution in [0.25, 0.3) is 0 Å². The van der Waals surface area contributed by atoms with Crippen LogP contribution in [0, 0.1) is 0 Å². The maximum atomic E-state index is 6.17. The van der Waals surface area contributed by atoms with Crippen LogP contribution in [0.15, 0.2) is 12.3 Å². The third-order valence-electron chi connectivity index (χ3n) is 3.72. The monoisotopic (exact) mass is 311 g/mol. The van der Waals surface area contributed by atoms with Gasteiger partial charge in [-0.05, 0) is 31.5 Å². The molecule has 0 atom stereocenters. The minimum absolute atomic E-state index is 0.428. The first-order valence-electron chi connectivity index (χ1n) is 7.88. The van der Waals surface area contributed by atoms with Gasteiger partial charge in [0, 0.05) is 31.4 Å². The molecule has 0 aliphatic carbocycles. The minimum atomic E-state index is 0.428. The summed E-state index contributed by atoms with van der Waals surface area (Å²) in [5.41, 5.74) is 1.04. The number of rotatable bonds is 7. The van der Waals surface area contributed by atoms with Crippen molar-refractivity contribution in [1.82, 2.24) is 15.2 Å². The molecule has 1 saturated heterocycles. The highest BCUT2D eigenvalue weighted by atomic mass is 35.5. The Morgan fingerprint density at radius 1 is 1.33 bits per heavy atom. The van der Waals surface area contributed by atoms with Crippen LogP contribution in [0.1, 0.15) is 38.7 Å². The van der Waals surface area contributed by atoms with E-state index in [1.54, 1.807) is 6.20 Å². The highest BCUT2D eigenvalue weighted by Crippen LogP contribution is 2.19. The lowest BCUT2D eigenvalue weighted by molar-refractivity contribution is 0.180. The summed E-state index contributed by atoms with van der Waals surface area (Å²) in [6, 6.07) is 2.37. The van der Waals surface area contributed by atoms with Crippen molar-refractivity contribution in [1.29, 1.82) is 0 Å². The van der Waals surface area contributed by atoms with Crippen molar-refractivity contribution in [2.24, 2.45) is 0 Å². The molecule has 21 heavy (non-hydrogen) atoms. The molecule has 1 aromatic rings. The zero-order valence-electron chi connectivity index (χ0n) is 13.1. The van der Waals surface area contributed by atoms with Crippen molar-refractivity contribution < 1.29 is 4.74 Å². The lowest BCUT2D eigenvalue weighted by Gasteiger charge is -2.26. The Hall–Kier alpha value is -0.840. The van der Waals surface area contributed by atoms with Crippen LogP contribution in [0.4, 0.5) is 0 Å². The Morgan fingerprint density at radius 3 is 2.81 bits per heavy atom. The average Bonchev–Trinajstić information content (AvgIpc) is 2.48. The van der Waals surface area contributed by atoms with Crippen molar-refractivity contribution in [3.63, 3.8) is 0 Å². The van der Waals surface area contributed by atoms with Gasteiger partial charge in [0.25, 0.3) is 0 Å². The fourth-order valence-electron chi connectivity index (χ4n) is 2.45. The highest BCUT2D eigenvalue weighted by molar-refractivity contribution is 6.31. The molecule has 1 aliphatic heterocycles. The lowest BCUT2D eigenvalue weighted by Crippen LogP contribution is -2.33. The molecule has 1 N–H and O–H groups in total. The van der Waals surface area contributed by atoms with Crippen LogP contribution in [-0.4, -0.2) is 42.2 Å². The molecule has 1 aliphatic rings. The number of piperidine rings is 1. The summed E-state index contributed by atoms with van der Waals surface area (Å²) in [5.74, 6) is 0.664. The Labute approximate surface area is 132 Å². The summed E-state index contributed by atoms with van der Waals surface area (Å²) in [4.78, 5) is 6.71. The average molecular weight is 312 g/mol. The van der Waals surface area contributed by atoms with Gasteiger partial charge in [-0.3, -0.25) is 4.90 Å². The second-order valence-electron chi connectivity index (χ2n) is 5.90. The number of halogens is 1. The molecule has 118 valence electrons. The Bertz CT molecular complexity index is 434. The van der Waals surface area contributed by atoms with Crippen LogP contribution in [0.3, 0.4) is 0 Å². The van der Waals surface area contributed by atoms with Crippen LogP contribution in [0.5, 0.6) is 5.88 Å². The molecule has 1 aromatic heterocycles. The fourth-order valence-corrected chi connectivity index (χ4v) is 2.62. The topological polar surface area (TPSA) is 37.4 Å². The van der Waals surface area contributed by atoms with Gasteiger partial charge in [-0.2, -0.15) is 0 Å². The number of likely N-dealkylation sites (tertiary alicyclic amines) is 1. The largest absolute Gasteiger partial charge is 0.476 e. The molecule has 0 bridgehead atoms. The molecule has 0 aromatic carbocycles. The van der Waals surface area contributed by atoms with Crippen molar-refractivity contribution >= 4 is 11.6 Å². The predicted octanol–water partition coefficient (Wildman–Crippen LogP) is 3.10. The molecular weight excluding hydrogens is 286 g/mol. The summed E-state index contributed by atoms with van der Waals surface area (Å²) in [6.45, 7) is 9.02. The SMILES string of the molecule is CC(C)NCc1cc(OCCN2CCCCC2)ncc1Cl. The Kier molecular flexibility index (Phi) is 6.74. The van der Waals surface area contributed by atoms with E-state index in [1.165, 1.54) is 32.4 Å². The van der Waals surface area contributed by atoms with Crippen molar-refractivity contribution in [2.45, 2.75) is 45.7 Å². The molecule has 0 unspecified atom stereocenters. The molecule has 2 heterocycles. The van der Waals surface area contributed by atoms with Gasteiger partial charge in [0.2, 0.25) is 5.88 Å². The van der Waals surface area contributed by atoms with Gasteiger partial charge < -0.3 is 10.1 Å². The maximum absolute atomic E-state index is 6.17. The quantitative estimate of drug-likeness (QED) is 0.839. The van der Waals surface area contributed by atoms with E-state index in [4.69, 9.17) is 16.3 Å². The first-order chi connectivity index (χ1) is 10.1. The predicted molar refractivity (Wildman–Crippen MR) is 87.0 cm³/mol. The van der Waals surface area contributed by atoms with E-state index in [-0.39, 0.29) is 0 Å². The number of nitrogens with zero attached hydrogens (tertiary/aromatic N) is 2. The van der Waals surface area contributed by atoms with Gasteiger partial charge in [0.1, 0.15) is 6.61 Å². The van der Waals surface area contributed by atoms with Gasteiger partial charge in [0.15, 0.2) is 0 Å². The molecule has 0 amide bonds. The van der Waals surface area contributed by atoms with E-state index >= 15 is 0 Å². The summed E-state index contributed by atoms with van der Waals surface area (Å²) in [7, 11) is 0. The number of hydrogen-bond acceptors (Lipinski definition) is 4. The first-order valence-corrected chi connectivity index (χ1v) is 8.26. The third kappa shape index (κ3) is 5.81. The standard InChI is InChI=1S/C16H26ClN3O/c1-13(2)18-11-14-10-16(19-12-15(14)17)21-9-8-20-6-4-3-5-7-20/h10,12-13,18H,3-9,11H2,1-2H3. The first kappa shape index (κ1) is 16.5. The molecule has 0 saturated carbocycles. The molecule has 1 fully saturated rings. The van der Waals surface area contributed by atoms with E-state index in [1.807, 2.05) is 6.07 Å². The smallest absolute Gasteiger partial charge is 0.213 e. The van der Waals surface area contributed by atoms with Crippen molar-refractivity contribution in [2.75, 3.05) is 26.2 Å². The molecule has 0 radical (unpaired) electrons. The number of pyridine rings is 1. The van der Waals surface area contributed by atoms with Gasteiger partial charge in [-0.1, -0.05) is 31.9 Å². The summed E-state index contributed by atoms with van der Waals surface area (Å²) in [6.07, 6.45) is 5.66. The molecule has 4 nitrogen and oxygen atoms in total. The Balaban J connectivity index is 1.80. The maximum Gasteiger partial charge on any atom is 0.213 e. The summed E-state index contributed by atoms with van der Waals surface area (Å²) < 4.78 is 5.77. The van der Waals surface area contributed by atoms with E-state index in [2.05, 4.69) is 29.0 Å². The van der Waals surface area contributed by atoms with E-state index in [0.717, 1.165) is 18.7 Å². The van der Waals surface area contributed by atoms with Crippen LogP contribution in [0.2, 0.25) is 5.02 Å². The normalized spacial score (nSPS) is 16.4. The lowest BCUT2D eigenvalue weighted by atomic mass is 10.1. The number of aromatic nitrogens is 1. The van der Waals surface area contributed by atoms with E-state index in [9.17, 15) is 0 Å². The number of hydrogen-bond donors (Lipinski definition) is 1. The molecule has 0 spiro atoms. The second kappa shape index (κ2) is 8.57. The van der Waals surface area contributed by atoms with Gasteiger partial charge >= 0.3 is 0 Å². The number of nitrogens with one attached hydrogen (secondary N) is 1. The molecule has 2 rings (SSSR count). The minimum Gasteiger partial charge on any atom is -0.476 e. The number of ether oxygens (including phenoxy) is 1. The Morgan fingerprint density at radius 2 is 2.10 bits per heavy atom. The summed E-state index contributed by atoms with van der Waals surface area (Å²) in [5, 5.41) is 4.05. The van der Waals surface area contributed by atoms with E-state index < -0.39 is 0 Å². The van der Waals surface area contributed by atoms with Crippen molar-refractivity contribution in [3.05, 3.63) is 22.8 Å². The van der Waals surface area contributed by atoms with Crippen LogP contribution >= 0.6 is 11.6 Å². The molecular formula is C16H26ClN3O. The van der Waals surface area contributed by atoms with Gasteiger partial charge in [-0.15, -0.1) is 0 Å². The van der Waals surface area contributed by atoms with Crippen LogP contribution < -0.4 is 10.1 Å². The van der Waals surface area contributed by atoms with E-state index in [0.29, 0.717) is 23.6 Å². The second-order valence-corrected chi connectivity index (χ2v) is 6.31. The van der Waals surface area contributed by atoms with Crippen LogP contribution in [-0.2, 0) is 6.54 Å². The highest BCUT2D eigenvalue weighted by Gasteiger charge is 2.10. The zero-order chi connectivity index (χ0) is 15.1. The van der Waals surface area contributed by atoms with Gasteiger partial charge in [0.05, 0.1) is 5.02 Å². The van der Waals surface area contributed by atoms with Crippen molar-refractivity contribution in [3.8, 4) is 5.88 Å². The zero-order valence-corrected chi connectivity index (χ0v) is 13.8. The molecule has 5 heteroatoms. The fraction of sp³-hybridized carbons (Fsp3) is 0.688.